The minimum absolute atomic E-state index is 0.0370. The maximum Gasteiger partial charge on any atom is 0.254 e. The van der Waals surface area contributed by atoms with Crippen LogP contribution in [0.3, 0.4) is 0 Å². The topological polar surface area (TPSA) is 52.6 Å². The van der Waals surface area contributed by atoms with Crippen molar-refractivity contribution in [3.05, 3.63) is 65.5 Å². The fraction of sp³-hybridized carbons (Fsp3) is 0.350. The van der Waals surface area contributed by atoms with Crippen molar-refractivity contribution in [2.24, 2.45) is 5.92 Å². The van der Waals surface area contributed by atoms with Crippen LogP contribution in [0.4, 0.5) is 4.39 Å². The smallest absolute Gasteiger partial charge is 0.254 e. The van der Waals surface area contributed by atoms with Crippen molar-refractivity contribution in [1.29, 1.82) is 0 Å². The Morgan fingerprint density at radius 1 is 1.28 bits per heavy atom. The monoisotopic (exact) mass is 342 g/mol. The maximum atomic E-state index is 13.7. The Bertz CT molecular complexity index is 736. The van der Waals surface area contributed by atoms with Crippen molar-refractivity contribution in [1.82, 2.24) is 10.2 Å². The van der Waals surface area contributed by atoms with Crippen LogP contribution in [0.2, 0.25) is 0 Å². The van der Waals surface area contributed by atoms with Gasteiger partial charge in [0.15, 0.2) is 0 Å². The number of aromatic hydroxyl groups is 1. The van der Waals surface area contributed by atoms with Crippen molar-refractivity contribution in [3.8, 4) is 5.75 Å². The molecule has 2 N–H and O–H groups in total. The first-order valence-corrected chi connectivity index (χ1v) is 8.57. The molecular formula is C20H23FN2O2. The molecular weight excluding hydrogens is 319 g/mol. The maximum absolute atomic E-state index is 13.7. The van der Waals surface area contributed by atoms with Gasteiger partial charge in [-0.2, -0.15) is 0 Å². The highest BCUT2D eigenvalue weighted by atomic mass is 19.1. The predicted molar refractivity (Wildman–Crippen MR) is 94.8 cm³/mol. The lowest BCUT2D eigenvalue weighted by atomic mass is 10.1. The number of nitrogens with zero attached hydrogens (tertiary/aromatic N) is 1. The average molecular weight is 342 g/mol. The van der Waals surface area contributed by atoms with Crippen molar-refractivity contribution in [2.45, 2.75) is 25.9 Å². The van der Waals surface area contributed by atoms with E-state index < -0.39 is 11.7 Å². The second kappa shape index (κ2) is 7.66. The molecule has 25 heavy (non-hydrogen) atoms. The number of halogens is 1. The zero-order valence-corrected chi connectivity index (χ0v) is 14.3. The fourth-order valence-corrected chi connectivity index (χ4v) is 3.42. The normalized spacial score (nSPS) is 20.6. The molecule has 3 rings (SSSR count). The van der Waals surface area contributed by atoms with E-state index >= 15 is 0 Å². The van der Waals surface area contributed by atoms with Crippen LogP contribution < -0.4 is 5.32 Å². The number of hydrogen-bond acceptors (Lipinski definition) is 3. The molecule has 1 heterocycles. The van der Waals surface area contributed by atoms with E-state index in [1.807, 2.05) is 18.2 Å². The van der Waals surface area contributed by atoms with E-state index in [2.05, 4.69) is 29.3 Å². The Morgan fingerprint density at radius 3 is 2.76 bits per heavy atom. The van der Waals surface area contributed by atoms with Crippen LogP contribution in [0.5, 0.6) is 5.75 Å². The molecule has 2 aromatic carbocycles. The summed E-state index contributed by atoms with van der Waals surface area (Å²) in [4.78, 5) is 14.6. The summed E-state index contributed by atoms with van der Waals surface area (Å²) < 4.78 is 13.7. The van der Waals surface area contributed by atoms with Gasteiger partial charge >= 0.3 is 0 Å². The Labute approximate surface area is 147 Å². The highest BCUT2D eigenvalue weighted by molar-refractivity contribution is 5.94. The lowest BCUT2D eigenvalue weighted by Crippen LogP contribution is -2.31. The summed E-state index contributed by atoms with van der Waals surface area (Å²) in [6.07, 6.45) is 1.01. The number of hydrogen-bond donors (Lipinski definition) is 2. The molecule has 5 heteroatoms. The molecule has 0 spiro atoms. The van der Waals surface area contributed by atoms with Crippen molar-refractivity contribution >= 4 is 5.91 Å². The summed E-state index contributed by atoms with van der Waals surface area (Å²) in [6.45, 7) is 4.53. The number of amides is 1. The van der Waals surface area contributed by atoms with E-state index in [4.69, 9.17) is 0 Å². The van der Waals surface area contributed by atoms with Crippen molar-refractivity contribution in [3.63, 3.8) is 0 Å². The number of carbonyl (C=O) groups is 1. The summed E-state index contributed by atoms with van der Waals surface area (Å²) >= 11 is 0. The molecule has 0 aliphatic carbocycles. The van der Waals surface area contributed by atoms with Crippen LogP contribution in [0, 0.1) is 11.7 Å². The minimum atomic E-state index is -0.706. The third-order valence-electron chi connectivity index (χ3n) is 4.77. The summed E-state index contributed by atoms with van der Waals surface area (Å²) in [5, 5.41) is 12.0. The standard InChI is InChI=1S/C20H23FN2O2/c1-14-9-16(13-23(14)12-15-5-3-2-4-6-15)11-22-20(25)18-8-7-17(24)10-19(18)21/h2-8,10,14,16,24H,9,11-13H2,1H3,(H,22,25)/t14-,16-/m0/s1. The van der Waals surface area contributed by atoms with Crippen molar-refractivity contribution < 1.29 is 14.3 Å². The average Bonchev–Trinajstić information content (AvgIpc) is 2.93. The van der Waals surface area contributed by atoms with Crippen molar-refractivity contribution in [2.75, 3.05) is 13.1 Å². The minimum Gasteiger partial charge on any atom is -0.508 e. The van der Waals surface area contributed by atoms with Gasteiger partial charge in [0.1, 0.15) is 11.6 Å². The number of phenols is 1. The summed E-state index contributed by atoms with van der Waals surface area (Å²) in [5.74, 6) is -0.979. The van der Waals surface area contributed by atoms with E-state index in [9.17, 15) is 14.3 Å². The third-order valence-corrected chi connectivity index (χ3v) is 4.77. The highest BCUT2D eigenvalue weighted by Crippen LogP contribution is 2.24. The van der Waals surface area contributed by atoms with Gasteiger partial charge in [-0.25, -0.2) is 4.39 Å². The summed E-state index contributed by atoms with van der Waals surface area (Å²) in [7, 11) is 0. The molecule has 2 aromatic rings. The Balaban J connectivity index is 1.53. The van der Waals surface area contributed by atoms with E-state index in [1.165, 1.54) is 17.7 Å². The molecule has 1 saturated heterocycles. The first-order valence-electron chi connectivity index (χ1n) is 8.57. The molecule has 0 saturated carbocycles. The number of nitrogens with one attached hydrogen (secondary N) is 1. The Morgan fingerprint density at radius 2 is 2.04 bits per heavy atom. The third kappa shape index (κ3) is 4.37. The van der Waals surface area contributed by atoms with Gasteiger partial charge in [-0.05, 0) is 37.0 Å². The number of likely N-dealkylation sites (tertiary alicyclic amines) is 1. The van der Waals surface area contributed by atoms with Gasteiger partial charge in [0, 0.05) is 31.7 Å². The zero-order chi connectivity index (χ0) is 17.8. The lowest BCUT2D eigenvalue weighted by Gasteiger charge is -2.21. The molecule has 0 radical (unpaired) electrons. The van der Waals surface area contributed by atoms with Crippen LogP contribution in [0.15, 0.2) is 48.5 Å². The largest absolute Gasteiger partial charge is 0.508 e. The van der Waals surface area contributed by atoms with Crippen LogP contribution in [0.1, 0.15) is 29.3 Å². The van der Waals surface area contributed by atoms with Gasteiger partial charge in [-0.3, -0.25) is 9.69 Å². The summed E-state index contributed by atoms with van der Waals surface area (Å²) in [5.41, 5.74) is 1.25. The Hall–Kier alpha value is -2.40. The molecule has 1 fully saturated rings. The number of rotatable bonds is 5. The van der Waals surface area contributed by atoms with E-state index in [-0.39, 0.29) is 11.3 Å². The van der Waals surface area contributed by atoms with Gasteiger partial charge in [0.25, 0.3) is 5.91 Å². The number of benzene rings is 2. The molecule has 0 bridgehead atoms. The molecule has 2 atom stereocenters. The van der Waals surface area contributed by atoms with E-state index in [1.54, 1.807) is 0 Å². The molecule has 1 aliphatic heterocycles. The number of phenolic OH excluding ortho intramolecular Hbond substituents is 1. The molecule has 0 aromatic heterocycles. The van der Waals surface area contributed by atoms with Crippen LogP contribution >= 0.6 is 0 Å². The molecule has 4 nitrogen and oxygen atoms in total. The van der Waals surface area contributed by atoms with Crippen LogP contribution in [-0.4, -0.2) is 35.0 Å². The van der Waals surface area contributed by atoms with E-state index in [0.717, 1.165) is 25.6 Å². The Kier molecular flexibility index (Phi) is 5.34. The zero-order valence-electron chi connectivity index (χ0n) is 14.3. The second-order valence-electron chi connectivity index (χ2n) is 6.74. The predicted octanol–water partition coefficient (Wildman–Crippen LogP) is 3.17. The SMILES string of the molecule is C[C@H]1C[C@@H](CNC(=O)c2ccc(O)cc2F)CN1Cc1ccccc1. The fourth-order valence-electron chi connectivity index (χ4n) is 3.42. The van der Waals surface area contributed by atoms with Crippen LogP contribution in [0.25, 0.3) is 0 Å². The number of carbonyl (C=O) groups excluding carboxylic acids is 1. The molecule has 0 unspecified atom stereocenters. The van der Waals surface area contributed by atoms with Crippen LogP contribution in [-0.2, 0) is 6.54 Å². The first-order chi connectivity index (χ1) is 12.0. The molecule has 1 aliphatic rings. The second-order valence-corrected chi connectivity index (χ2v) is 6.74. The first kappa shape index (κ1) is 17.4. The van der Waals surface area contributed by atoms with E-state index in [0.29, 0.717) is 18.5 Å². The van der Waals surface area contributed by atoms with Gasteiger partial charge < -0.3 is 10.4 Å². The lowest BCUT2D eigenvalue weighted by molar-refractivity contribution is 0.0943. The van der Waals surface area contributed by atoms with Gasteiger partial charge in [-0.15, -0.1) is 0 Å². The quantitative estimate of drug-likeness (QED) is 0.877. The highest BCUT2D eigenvalue weighted by Gasteiger charge is 2.29. The van der Waals surface area contributed by atoms with Gasteiger partial charge in [-0.1, -0.05) is 30.3 Å². The molecule has 132 valence electrons. The van der Waals surface area contributed by atoms with Gasteiger partial charge in [0.2, 0.25) is 0 Å². The van der Waals surface area contributed by atoms with Gasteiger partial charge in [0.05, 0.1) is 5.56 Å². The molecule has 1 amide bonds. The summed E-state index contributed by atoms with van der Waals surface area (Å²) in [6, 6.07) is 14.4.